The molecule has 0 bridgehead atoms. The van der Waals surface area contributed by atoms with Crippen LogP contribution in [0, 0.1) is 5.92 Å². The van der Waals surface area contributed by atoms with Gasteiger partial charge in [0, 0.05) is 19.1 Å². The zero-order valence-electron chi connectivity index (χ0n) is 11.3. The first-order chi connectivity index (χ1) is 8.69. The molecule has 1 fully saturated rings. The number of halogens is 1. The van der Waals surface area contributed by atoms with Crippen molar-refractivity contribution in [3.63, 3.8) is 0 Å². The molecule has 1 saturated carbocycles. The highest BCUT2D eigenvalue weighted by Crippen LogP contribution is 2.27. The molecule has 0 spiro atoms. The third kappa shape index (κ3) is 4.05. The fraction of sp³-hybridized carbons (Fsp3) is 0.714. The Bertz CT molecular complexity index is 366. The molecular weight excluding hydrogens is 308 g/mol. The van der Waals surface area contributed by atoms with Crippen molar-refractivity contribution in [2.24, 2.45) is 5.92 Å². The van der Waals surface area contributed by atoms with Crippen LogP contribution in [0.3, 0.4) is 0 Å². The molecule has 18 heavy (non-hydrogen) atoms. The van der Waals surface area contributed by atoms with Gasteiger partial charge in [0.2, 0.25) is 0 Å². The molecule has 0 amide bonds. The monoisotopic (exact) mass is 330 g/mol. The zero-order valence-corrected chi connectivity index (χ0v) is 13.7. The summed E-state index contributed by atoms with van der Waals surface area (Å²) in [5, 5.41) is 5.88. The average molecular weight is 331 g/mol. The van der Waals surface area contributed by atoms with E-state index in [0.29, 0.717) is 0 Å². The molecular formula is C14H23BrN2S. The van der Waals surface area contributed by atoms with Crippen molar-refractivity contribution in [3.05, 3.63) is 20.8 Å². The van der Waals surface area contributed by atoms with Crippen molar-refractivity contribution < 1.29 is 0 Å². The standard InChI is InChI=1S/C14H23BrN2S/c1-3-16-13-6-4-5-12(13)9-17(2)8-11-7-14(15)18-10-11/h7,10,12-13,16H,3-6,8-9H2,1-2H3. The molecule has 4 heteroatoms. The first-order valence-electron chi connectivity index (χ1n) is 6.84. The van der Waals surface area contributed by atoms with Crippen molar-refractivity contribution in [2.45, 2.75) is 38.8 Å². The van der Waals surface area contributed by atoms with E-state index >= 15 is 0 Å². The van der Waals surface area contributed by atoms with Crippen molar-refractivity contribution in [1.29, 1.82) is 0 Å². The summed E-state index contributed by atoms with van der Waals surface area (Å²) in [6.45, 7) is 5.59. The van der Waals surface area contributed by atoms with Crippen molar-refractivity contribution in [1.82, 2.24) is 10.2 Å². The molecule has 2 nitrogen and oxygen atoms in total. The molecule has 1 heterocycles. The Labute approximate surface area is 123 Å². The van der Waals surface area contributed by atoms with Gasteiger partial charge in [-0.2, -0.15) is 0 Å². The minimum Gasteiger partial charge on any atom is -0.314 e. The summed E-state index contributed by atoms with van der Waals surface area (Å²) in [6.07, 6.45) is 4.13. The first kappa shape index (κ1) is 14.5. The van der Waals surface area contributed by atoms with Gasteiger partial charge in [0.1, 0.15) is 0 Å². The van der Waals surface area contributed by atoms with Crippen LogP contribution in [-0.4, -0.2) is 31.1 Å². The Morgan fingerprint density at radius 2 is 2.33 bits per heavy atom. The van der Waals surface area contributed by atoms with Gasteiger partial charge < -0.3 is 10.2 Å². The van der Waals surface area contributed by atoms with Gasteiger partial charge in [-0.25, -0.2) is 0 Å². The highest BCUT2D eigenvalue weighted by molar-refractivity contribution is 9.11. The topological polar surface area (TPSA) is 15.3 Å². The van der Waals surface area contributed by atoms with Gasteiger partial charge in [-0.15, -0.1) is 11.3 Å². The molecule has 102 valence electrons. The molecule has 0 saturated heterocycles. The second kappa shape index (κ2) is 7.04. The van der Waals surface area contributed by atoms with E-state index in [1.54, 1.807) is 11.3 Å². The van der Waals surface area contributed by atoms with Crippen molar-refractivity contribution in [2.75, 3.05) is 20.1 Å². The maximum absolute atomic E-state index is 3.64. The molecule has 0 aliphatic heterocycles. The van der Waals surface area contributed by atoms with E-state index in [-0.39, 0.29) is 0 Å². The molecule has 1 N–H and O–H groups in total. The van der Waals surface area contributed by atoms with Gasteiger partial charge in [0.25, 0.3) is 0 Å². The van der Waals surface area contributed by atoms with E-state index in [4.69, 9.17) is 0 Å². The molecule has 1 aromatic rings. The molecule has 0 radical (unpaired) electrons. The highest BCUT2D eigenvalue weighted by atomic mass is 79.9. The van der Waals surface area contributed by atoms with E-state index in [1.807, 2.05) is 0 Å². The molecule has 1 aromatic heterocycles. The summed E-state index contributed by atoms with van der Waals surface area (Å²) in [6, 6.07) is 2.98. The van der Waals surface area contributed by atoms with Crippen LogP contribution in [0.25, 0.3) is 0 Å². The predicted octanol–water partition coefficient (Wildman–Crippen LogP) is 3.72. The van der Waals surface area contributed by atoms with Gasteiger partial charge in [0.15, 0.2) is 0 Å². The van der Waals surface area contributed by atoms with E-state index < -0.39 is 0 Å². The lowest BCUT2D eigenvalue weighted by Gasteiger charge is -2.25. The molecule has 1 aliphatic carbocycles. The quantitative estimate of drug-likeness (QED) is 0.855. The minimum absolute atomic E-state index is 0.742. The van der Waals surface area contributed by atoms with Crippen LogP contribution < -0.4 is 5.32 Å². The molecule has 2 rings (SSSR count). The molecule has 2 atom stereocenters. The maximum atomic E-state index is 3.64. The van der Waals surface area contributed by atoms with Gasteiger partial charge in [-0.1, -0.05) is 13.3 Å². The van der Waals surface area contributed by atoms with Crippen molar-refractivity contribution in [3.8, 4) is 0 Å². The van der Waals surface area contributed by atoms with Gasteiger partial charge >= 0.3 is 0 Å². The fourth-order valence-corrected chi connectivity index (χ4v) is 4.19. The summed E-state index contributed by atoms with van der Waals surface area (Å²) in [7, 11) is 2.24. The van der Waals surface area contributed by atoms with E-state index in [1.165, 1.54) is 35.2 Å². The normalized spacial score (nSPS) is 24.0. The van der Waals surface area contributed by atoms with Crippen LogP contribution >= 0.6 is 27.3 Å². The van der Waals surface area contributed by atoms with Gasteiger partial charge in [-0.05, 0) is 65.3 Å². The van der Waals surface area contributed by atoms with Crippen LogP contribution in [0.15, 0.2) is 15.2 Å². The summed E-state index contributed by atoms with van der Waals surface area (Å²) >= 11 is 5.31. The number of thiophene rings is 1. The first-order valence-corrected chi connectivity index (χ1v) is 8.51. The predicted molar refractivity (Wildman–Crippen MR) is 83.2 cm³/mol. The summed E-state index contributed by atoms with van der Waals surface area (Å²) in [5.41, 5.74) is 1.42. The zero-order chi connectivity index (χ0) is 13.0. The van der Waals surface area contributed by atoms with Gasteiger partial charge in [-0.3, -0.25) is 0 Å². The number of nitrogens with zero attached hydrogens (tertiary/aromatic N) is 1. The van der Waals surface area contributed by atoms with Crippen molar-refractivity contribution >= 4 is 27.3 Å². The molecule has 2 unspecified atom stereocenters. The van der Waals surface area contributed by atoms with Crippen LogP contribution in [0.2, 0.25) is 0 Å². The number of hydrogen-bond acceptors (Lipinski definition) is 3. The van der Waals surface area contributed by atoms with Gasteiger partial charge in [0.05, 0.1) is 3.79 Å². The summed E-state index contributed by atoms with van der Waals surface area (Å²) in [4.78, 5) is 2.47. The Hall–Kier alpha value is 0.100. The Morgan fingerprint density at radius 3 is 3.00 bits per heavy atom. The van der Waals surface area contributed by atoms with Crippen LogP contribution in [0.4, 0.5) is 0 Å². The number of rotatable bonds is 6. The average Bonchev–Trinajstić information content (AvgIpc) is 2.90. The number of hydrogen-bond donors (Lipinski definition) is 1. The minimum atomic E-state index is 0.742. The maximum Gasteiger partial charge on any atom is 0.0701 e. The lowest BCUT2D eigenvalue weighted by molar-refractivity contribution is 0.246. The van der Waals surface area contributed by atoms with E-state index in [0.717, 1.165) is 25.0 Å². The molecule has 0 aromatic carbocycles. The van der Waals surface area contributed by atoms with E-state index in [9.17, 15) is 0 Å². The smallest absolute Gasteiger partial charge is 0.0701 e. The molecule has 1 aliphatic rings. The lowest BCUT2D eigenvalue weighted by atomic mass is 10.0. The number of nitrogens with one attached hydrogen (secondary N) is 1. The van der Waals surface area contributed by atoms with Crippen LogP contribution in [0.1, 0.15) is 31.7 Å². The lowest BCUT2D eigenvalue weighted by Crippen LogP contribution is -2.37. The largest absolute Gasteiger partial charge is 0.314 e. The Balaban J connectivity index is 1.81. The fourth-order valence-electron chi connectivity index (χ4n) is 2.99. The third-order valence-corrected chi connectivity index (χ3v) is 5.30. The van der Waals surface area contributed by atoms with Crippen LogP contribution in [0.5, 0.6) is 0 Å². The highest BCUT2D eigenvalue weighted by Gasteiger charge is 2.27. The van der Waals surface area contributed by atoms with E-state index in [2.05, 4.69) is 51.6 Å². The second-order valence-electron chi connectivity index (χ2n) is 5.31. The Morgan fingerprint density at radius 1 is 1.50 bits per heavy atom. The third-order valence-electron chi connectivity index (χ3n) is 3.75. The van der Waals surface area contributed by atoms with Crippen LogP contribution in [-0.2, 0) is 6.54 Å². The summed E-state index contributed by atoms with van der Waals surface area (Å²) in [5.74, 6) is 0.831. The second-order valence-corrected chi connectivity index (χ2v) is 7.60. The Kier molecular flexibility index (Phi) is 5.67. The SMILES string of the molecule is CCNC1CCCC1CN(C)Cc1csc(Br)c1. The summed E-state index contributed by atoms with van der Waals surface area (Å²) < 4.78 is 1.23.